The van der Waals surface area contributed by atoms with Gasteiger partial charge in [-0.2, -0.15) is 0 Å². The van der Waals surface area contributed by atoms with E-state index in [-0.39, 0.29) is 17.6 Å². The fourth-order valence-corrected chi connectivity index (χ4v) is 2.35. The molecule has 0 saturated heterocycles. The molecule has 0 atom stereocenters. The van der Waals surface area contributed by atoms with Crippen LogP contribution < -0.4 is 20.9 Å². The molecule has 1 amide bonds. The highest BCUT2D eigenvalue weighted by molar-refractivity contribution is 7.80. The van der Waals surface area contributed by atoms with Crippen LogP contribution in [0.15, 0.2) is 48.5 Å². The summed E-state index contributed by atoms with van der Waals surface area (Å²) in [6, 6.07) is 14.8. The number of anilines is 1. The molecule has 5 nitrogen and oxygen atoms in total. The molecular formula is C18H20ClN3O2S. The largest absolute Gasteiger partial charge is 0.484 e. The Morgan fingerprint density at radius 1 is 1.16 bits per heavy atom. The van der Waals surface area contributed by atoms with E-state index in [1.165, 1.54) is 5.56 Å². The Bertz CT molecular complexity index is 735. The number of hydrogen-bond acceptors (Lipinski definition) is 3. The number of hydrazine groups is 1. The number of halogens is 1. The average molecular weight is 378 g/mol. The molecule has 2 aromatic rings. The SMILES string of the molecule is CC(C)c1ccc(OCC(=O)NNC(=S)Nc2cccc(Cl)c2)cc1. The Balaban J connectivity index is 1.72. The van der Waals surface area contributed by atoms with Gasteiger partial charge in [0.15, 0.2) is 11.7 Å². The molecule has 0 aromatic heterocycles. The van der Waals surface area contributed by atoms with E-state index in [0.717, 1.165) is 5.69 Å². The van der Waals surface area contributed by atoms with Crippen LogP contribution in [0.1, 0.15) is 25.3 Å². The molecule has 0 radical (unpaired) electrons. The fraction of sp³-hybridized carbons (Fsp3) is 0.222. The van der Waals surface area contributed by atoms with Crippen molar-refractivity contribution < 1.29 is 9.53 Å². The van der Waals surface area contributed by atoms with Crippen molar-refractivity contribution in [1.29, 1.82) is 0 Å². The van der Waals surface area contributed by atoms with Gasteiger partial charge in [-0.05, 0) is 54.0 Å². The van der Waals surface area contributed by atoms with Crippen LogP contribution in [-0.4, -0.2) is 17.6 Å². The summed E-state index contributed by atoms with van der Waals surface area (Å²) in [6.07, 6.45) is 0. The first-order valence-electron chi connectivity index (χ1n) is 7.78. The number of carbonyl (C=O) groups excluding carboxylic acids is 1. The van der Waals surface area contributed by atoms with Crippen molar-refractivity contribution in [2.24, 2.45) is 0 Å². The first kappa shape index (κ1) is 19.0. The maximum absolute atomic E-state index is 11.8. The van der Waals surface area contributed by atoms with Gasteiger partial charge in [-0.1, -0.05) is 43.6 Å². The number of rotatable bonds is 5. The molecule has 0 saturated carbocycles. The zero-order valence-corrected chi connectivity index (χ0v) is 15.6. The number of ether oxygens (including phenoxy) is 1. The normalized spacial score (nSPS) is 10.2. The lowest BCUT2D eigenvalue weighted by Crippen LogP contribution is -2.45. The minimum atomic E-state index is -0.344. The third-order valence-corrected chi connectivity index (χ3v) is 3.75. The van der Waals surface area contributed by atoms with Gasteiger partial charge in [-0.25, -0.2) is 0 Å². The second-order valence-electron chi connectivity index (χ2n) is 5.65. The predicted molar refractivity (Wildman–Crippen MR) is 105 cm³/mol. The third kappa shape index (κ3) is 6.60. The standard InChI is InChI=1S/C18H20ClN3O2S/c1-12(2)13-6-8-16(9-7-13)24-11-17(23)21-22-18(25)20-15-5-3-4-14(19)10-15/h3-10,12H,11H2,1-2H3,(H,21,23)(H2,20,22,25). The molecule has 132 valence electrons. The van der Waals surface area contributed by atoms with Crippen LogP contribution in [0.5, 0.6) is 5.75 Å². The van der Waals surface area contributed by atoms with Gasteiger partial charge in [-0.15, -0.1) is 0 Å². The molecule has 0 heterocycles. The van der Waals surface area contributed by atoms with Crippen molar-refractivity contribution in [1.82, 2.24) is 10.9 Å². The van der Waals surface area contributed by atoms with Crippen molar-refractivity contribution in [3.63, 3.8) is 0 Å². The Labute approximate surface area is 157 Å². The van der Waals surface area contributed by atoms with E-state index in [1.54, 1.807) is 18.2 Å². The second-order valence-corrected chi connectivity index (χ2v) is 6.49. The first-order chi connectivity index (χ1) is 11.9. The summed E-state index contributed by atoms with van der Waals surface area (Å²) in [5.41, 5.74) is 7.02. The summed E-state index contributed by atoms with van der Waals surface area (Å²) in [4.78, 5) is 11.8. The lowest BCUT2D eigenvalue weighted by molar-refractivity contribution is -0.123. The minimum Gasteiger partial charge on any atom is -0.484 e. The van der Waals surface area contributed by atoms with E-state index in [0.29, 0.717) is 16.7 Å². The predicted octanol–water partition coefficient (Wildman–Crippen LogP) is 3.86. The molecule has 0 fully saturated rings. The summed E-state index contributed by atoms with van der Waals surface area (Å²) >= 11 is 11.0. The highest BCUT2D eigenvalue weighted by Gasteiger charge is 2.05. The molecule has 0 unspecified atom stereocenters. The number of amides is 1. The quantitative estimate of drug-likeness (QED) is 0.545. The van der Waals surface area contributed by atoms with Gasteiger partial charge in [0.1, 0.15) is 5.75 Å². The highest BCUT2D eigenvalue weighted by Crippen LogP contribution is 2.18. The van der Waals surface area contributed by atoms with E-state index in [1.807, 2.05) is 30.3 Å². The monoisotopic (exact) mass is 377 g/mol. The van der Waals surface area contributed by atoms with Crippen molar-refractivity contribution in [3.8, 4) is 5.75 Å². The van der Waals surface area contributed by atoms with Gasteiger partial charge in [0.25, 0.3) is 5.91 Å². The van der Waals surface area contributed by atoms with Crippen LogP contribution in [0.25, 0.3) is 0 Å². The lowest BCUT2D eigenvalue weighted by atomic mass is 10.0. The minimum absolute atomic E-state index is 0.117. The number of thiocarbonyl (C=S) groups is 1. The summed E-state index contributed by atoms with van der Waals surface area (Å²) in [6.45, 7) is 4.12. The number of nitrogens with one attached hydrogen (secondary N) is 3. The average Bonchev–Trinajstić information content (AvgIpc) is 2.58. The number of hydrogen-bond donors (Lipinski definition) is 3. The number of carbonyl (C=O) groups is 1. The topological polar surface area (TPSA) is 62.4 Å². The molecular weight excluding hydrogens is 358 g/mol. The molecule has 0 aliphatic carbocycles. The summed E-state index contributed by atoms with van der Waals surface area (Å²) in [5, 5.41) is 3.75. The zero-order valence-electron chi connectivity index (χ0n) is 14.0. The third-order valence-electron chi connectivity index (χ3n) is 3.31. The molecule has 0 spiro atoms. The highest BCUT2D eigenvalue weighted by atomic mass is 35.5. The van der Waals surface area contributed by atoms with E-state index in [2.05, 4.69) is 30.0 Å². The van der Waals surface area contributed by atoms with Crippen molar-refractivity contribution in [3.05, 3.63) is 59.1 Å². The second kappa shape index (κ2) is 9.25. The van der Waals surface area contributed by atoms with Gasteiger partial charge in [-0.3, -0.25) is 15.6 Å². The van der Waals surface area contributed by atoms with Crippen molar-refractivity contribution in [2.45, 2.75) is 19.8 Å². The van der Waals surface area contributed by atoms with Crippen LogP contribution in [-0.2, 0) is 4.79 Å². The molecule has 2 rings (SSSR count). The van der Waals surface area contributed by atoms with Gasteiger partial charge in [0, 0.05) is 10.7 Å². The maximum Gasteiger partial charge on any atom is 0.276 e. The van der Waals surface area contributed by atoms with Gasteiger partial charge in [0.2, 0.25) is 0 Å². The molecule has 2 aromatic carbocycles. The smallest absolute Gasteiger partial charge is 0.276 e. The molecule has 7 heteroatoms. The lowest BCUT2D eigenvalue weighted by Gasteiger charge is -2.12. The van der Waals surface area contributed by atoms with Gasteiger partial charge < -0.3 is 10.1 Å². The van der Waals surface area contributed by atoms with Crippen LogP contribution in [0, 0.1) is 0 Å². The van der Waals surface area contributed by atoms with Gasteiger partial charge >= 0.3 is 0 Å². The summed E-state index contributed by atoms with van der Waals surface area (Å²) in [7, 11) is 0. The molecule has 0 bridgehead atoms. The summed E-state index contributed by atoms with van der Waals surface area (Å²) < 4.78 is 5.44. The Morgan fingerprint density at radius 2 is 1.88 bits per heavy atom. The molecule has 0 aliphatic heterocycles. The Morgan fingerprint density at radius 3 is 2.52 bits per heavy atom. The van der Waals surface area contributed by atoms with Crippen molar-refractivity contribution >= 4 is 40.5 Å². The Kier molecular flexibility index (Phi) is 7.03. The first-order valence-corrected chi connectivity index (χ1v) is 8.57. The van der Waals surface area contributed by atoms with E-state index in [9.17, 15) is 4.79 Å². The van der Waals surface area contributed by atoms with Gasteiger partial charge in [0.05, 0.1) is 0 Å². The van der Waals surface area contributed by atoms with Crippen LogP contribution >= 0.6 is 23.8 Å². The maximum atomic E-state index is 11.8. The van der Waals surface area contributed by atoms with E-state index < -0.39 is 0 Å². The van der Waals surface area contributed by atoms with E-state index >= 15 is 0 Å². The number of benzene rings is 2. The van der Waals surface area contributed by atoms with Crippen LogP contribution in [0.3, 0.4) is 0 Å². The molecule has 25 heavy (non-hydrogen) atoms. The van der Waals surface area contributed by atoms with Crippen LogP contribution in [0.4, 0.5) is 5.69 Å². The Hall–Kier alpha value is -2.31. The van der Waals surface area contributed by atoms with Crippen LogP contribution in [0.2, 0.25) is 5.02 Å². The van der Waals surface area contributed by atoms with E-state index in [4.69, 9.17) is 28.6 Å². The fourth-order valence-electron chi connectivity index (χ4n) is 1.99. The summed E-state index contributed by atoms with van der Waals surface area (Å²) in [5.74, 6) is 0.747. The van der Waals surface area contributed by atoms with Crippen molar-refractivity contribution in [2.75, 3.05) is 11.9 Å². The zero-order chi connectivity index (χ0) is 18.2. The molecule has 3 N–H and O–H groups in total. The molecule has 0 aliphatic rings.